The number of allylic oxidation sites excluding steroid dienone is 4. The van der Waals surface area contributed by atoms with Crippen LogP contribution in [0.4, 0.5) is 51.1 Å². The molecule has 5 amide bonds. The van der Waals surface area contributed by atoms with Crippen molar-refractivity contribution in [3.63, 3.8) is 0 Å². The third-order valence-electron chi connectivity index (χ3n) is 23.0. The summed E-state index contributed by atoms with van der Waals surface area (Å²) >= 11 is 0. The van der Waals surface area contributed by atoms with Gasteiger partial charge in [0.2, 0.25) is 35.6 Å². The van der Waals surface area contributed by atoms with Crippen LogP contribution in [0, 0.1) is 11.8 Å². The van der Waals surface area contributed by atoms with Crippen LogP contribution in [0.5, 0.6) is 0 Å². The van der Waals surface area contributed by atoms with Crippen molar-refractivity contribution in [3.8, 4) is 11.1 Å². The maximum Gasteiger partial charge on any atom is 0.412 e. The van der Waals surface area contributed by atoms with Crippen molar-refractivity contribution >= 4 is 98.8 Å². The lowest BCUT2D eigenvalue weighted by Gasteiger charge is -2.38. The maximum absolute atomic E-state index is 13.7. The number of carboxylic acid groups (broad SMARTS) is 1. The quantitative estimate of drug-likeness (QED) is 0.0343. The van der Waals surface area contributed by atoms with E-state index in [9.17, 15) is 38.7 Å². The fraction of sp³-hybridized carbons (Fsp3) is 0.289. The van der Waals surface area contributed by atoms with Crippen LogP contribution in [-0.2, 0) is 30.3 Å². The predicted octanol–water partition coefficient (Wildman–Crippen LogP) is 15.7. The normalized spacial score (nSPS) is 17.8. The van der Waals surface area contributed by atoms with Gasteiger partial charge in [0.15, 0.2) is 0 Å². The molecule has 4 unspecified atom stereocenters. The number of aromatic nitrogens is 7. The molecule has 3 fully saturated rings. The van der Waals surface area contributed by atoms with E-state index in [1.807, 2.05) is 209 Å². The molecule has 6 N–H and O–H groups in total. The predicted molar refractivity (Wildman–Crippen MR) is 478 cm³/mol. The Hall–Kier alpha value is -14.4. The first kappa shape index (κ1) is 84.6. The standard InChI is InChI=1S/C43H43N7O4.C28H31N5O3.C26H27N5O3/c1-43(2,3)54-42(53)48-37-19-18-30(29-12-6-4-7-13-29)24-38(37)47-40(52)32-27-45-41(46-28-32)50(33-14-8-5-9-15-33)34-20-22-49(23-21-34)39(51)25-31-26-44-36-17-11-10-16-35(31)36;1-2-36-27(35)21-18-30-28(31-19-21)33(22-8-4-3-5-9-22)23-12-14-32(15-13-23)26(34)16-20-17-29-25-11-7-6-10-24(20)25;32-24(14-18-15-27-23-9-5-4-8-22(18)23)30-12-10-21(11-13-30)31(20-6-2-1-3-7-20)26-28-16-19(17-29-26)25(33)34/h4-19,24,26-28,34,44H,20-23,25H2,1-3H3,(H,47,52)(H,48,53);3-11,17-19,23-25,29H,2,12-16H2,1H3;1-9,15-17,21-23,27H,10-14H2,(H,33,34). The number of likely N-dealkylation sites (tertiary alicyclic amines) is 3. The van der Waals surface area contributed by atoms with Crippen molar-refractivity contribution in [2.24, 2.45) is 11.8 Å². The number of ether oxygens (including phenoxy) is 2. The topological polar surface area (TPSA) is 319 Å². The zero-order valence-electron chi connectivity index (χ0n) is 69.7. The summed E-state index contributed by atoms with van der Waals surface area (Å²) < 4.78 is 10.5. The van der Waals surface area contributed by atoms with E-state index in [1.54, 1.807) is 33.8 Å². The van der Waals surface area contributed by atoms with E-state index in [4.69, 9.17) is 9.47 Å². The van der Waals surface area contributed by atoms with Gasteiger partial charge < -0.3 is 64.9 Å². The number of carbonyl (C=O) groups is 7. The van der Waals surface area contributed by atoms with Crippen molar-refractivity contribution in [1.29, 1.82) is 0 Å². The Morgan fingerprint density at radius 1 is 0.468 bits per heavy atom. The number of carbonyl (C=O) groups excluding carboxylic acids is 6. The minimum absolute atomic E-state index is 0.0337. The van der Waals surface area contributed by atoms with Gasteiger partial charge in [-0.25, -0.2) is 44.3 Å². The second kappa shape index (κ2) is 39.4. The van der Waals surface area contributed by atoms with Crippen LogP contribution in [0.2, 0.25) is 0 Å². The molecule has 634 valence electrons. The van der Waals surface area contributed by atoms with Crippen molar-refractivity contribution < 1.29 is 48.1 Å². The zero-order chi connectivity index (χ0) is 86.1. The fourth-order valence-electron chi connectivity index (χ4n) is 16.7. The number of amides is 5. The molecule has 0 radical (unpaired) electrons. The number of rotatable bonds is 22. The number of aromatic carboxylic acids is 1. The van der Waals surface area contributed by atoms with Gasteiger partial charge >= 0.3 is 18.0 Å². The van der Waals surface area contributed by atoms with Crippen LogP contribution in [0.25, 0.3) is 22.0 Å². The summed E-state index contributed by atoms with van der Waals surface area (Å²) in [4.78, 5) is 132. The summed E-state index contributed by atoms with van der Waals surface area (Å²) in [6, 6.07) is 53.8. The summed E-state index contributed by atoms with van der Waals surface area (Å²) in [5.74, 6) is 0.488. The van der Waals surface area contributed by atoms with Crippen LogP contribution in [0.15, 0.2) is 279 Å². The molecule has 124 heavy (non-hydrogen) atoms. The monoisotopic (exact) mass is 1660 g/mol. The van der Waals surface area contributed by atoms with Crippen molar-refractivity contribution in [2.75, 3.05) is 71.2 Å². The highest BCUT2D eigenvalue weighted by Gasteiger charge is 2.37. The van der Waals surface area contributed by atoms with Crippen LogP contribution >= 0.6 is 0 Å². The Bertz CT molecular complexity index is 5600. The number of aromatic amines is 1. The third-order valence-corrected chi connectivity index (χ3v) is 23.0. The van der Waals surface area contributed by atoms with Crippen LogP contribution in [-0.4, -0.2) is 178 Å². The van der Waals surface area contributed by atoms with Gasteiger partial charge in [-0.15, -0.1) is 0 Å². The molecule has 27 nitrogen and oxygen atoms in total. The average molecular weight is 1660 g/mol. The lowest BCUT2D eigenvalue weighted by molar-refractivity contribution is -0.132. The Labute approximate surface area is 720 Å². The fourth-order valence-corrected chi connectivity index (χ4v) is 16.7. The number of hydrogen-bond acceptors (Lipinski definition) is 20. The molecule has 10 aromatic rings. The minimum atomic E-state index is -1.05. The SMILES string of the molecule is CC(C)(C)OC(=O)Nc1ccc(-c2ccccc2)cc1NC(=O)c1cnc(N(c2ccccc2)C2CCN(C(=O)Cc3c[nH]c4ccccc34)CC2)nc1.CCOC(=O)c1cnc(N(c2ccccc2)C2CCN(C(=O)CC3=CNC4C=CC=CC34)CC2)nc1.O=C(O)c1cnc(N(c2ccccc2)C2CCN(C(=O)CC3=CNC4C=CC=CC34)CC2)nc1. The zero-order valence-corrected chi connectivity index (χ0v) is 69.7. The molecule has 3 saturated heterocycles. The lowest BCUT2D eigenvalue weighted by atomic mass is 9.89. The van der Waals surface area contributed by atoms with Gasteiger partial charge in [0.1, 0.15) is 5.60 Å². The van der Waals surface area contributed by atoms with Gasteiger partial charge in [-0.2, -0.15) is 0 Å². The first-order valence-electron chi connectivity index (χ1n) is 42.2. The van der Waals surface area contributed by atoms with Crippen LogP contribution in [0.1, 0.15) is 116 Å². The molecular formula is C97H101N17O10. The van der Waals surface area contributed by atoms with Gasteiger partial charge in [0.25, 0.3) is 5.91 Å². The van der Waals surface area contributed by atoms with Gasteiger partial charge in [0.05, 0.1) is 66.0 Å². The smallest absolute Gasteiger partial charge is 0.412 e. The second-order valence-corrected chi connectivity index (χ2v) is 32.3. The third kappa shape index (κ3) is 20.8. The average Bonchev–Trinajstić information content (AvgIpc) is 1.16. The number of benzene rings is 6. The Kier molecular flexibility index (Phi) is 26.9. The van der Waals surface area contributed by atoms with Gasteiger partial charge in [-0.05, 0) is 161 Å². The van der Waals surface area contributed by atoms with E-state index in [-0.39, 0.29) is 70.9 Å². The number of para-hydroxylation sites is 4. The molecule has 4 aromatic heterocycles. The van der Waals surface area contributed by atoms with Crippen molar-refractivity contribution in [1.82, 2.24) is 60.2 Å². The van der Waals surface area contributed by atoms with E-state index in [0.717, 1.165) is 94.3 Å². The Morgan fingerprint density at radius 3 is 1.32 bits per heavy atom. The number of esters is 1. The summed E-state index contributed by atoms with van der Waals surface area (Å²) in [6.45, 7) is 11.3. The van der Waals surface area contributed by atoms with E-state index >= 15 is 0 Å². The molecule has 4 atom stereocenters. The Morgan fingerprint density at radius 2 is 0.879 bits per heavy atom. The lowest BCUT2D eigenvalue weighted by Crippen LogP contribution is -2.46. The highest BCUT2D eigenvalue weighted by Crippen LogP contribution is 2.38. The number of piperidine rings is 3. The number of nitrogens with one attached hydrogen (secondary N) is 5. The molecule has 9 heterocycles. The molecule has 6 aromatic carbocycles. The molecule has 0 saturated carbocycles. The van der Waals surface area contributed by atoms with Crippen LogP contribution in [0.3, 0.4) is 0 Å². The second-order valence-electron chi connectivity index (χ2n) is 32.3. The number of anilines is 8. The van der Waals surface area contributed by atoms with Crippen LogP contribution < -0.4 is 36.0 Å². The summed E-state index contributed by atoms with van der Waals surface area (Å²) in [7, 11) is 0. The minimum Gasteiger partial charge on any atom is -0.478 e. The highest BCUT2D eigenvalue weighted by atomic mass is 16.6. The van der Waals surface area contributed by atoms with Gasteiger partial charge in [-0.3, -0.25) is 24.5 Å². The largest absolute Gasteiger partial charge is 0.478 e. The molecule has 2 aliphatic carbocycles. The summed E-state index contributed by atoms with van der Waals surface area (Å²) in [6.07, 6.45) is 36.6. The number of hydrogen-bond donors (Lipinski definition) is 6. The summed E-state index contributed by atoms with van der Waals surface area (Å²) in [5, 5.41) is 22.7. The number of nitrogens with zero attached hydrogens (tertiary/aromatic N) is 12. The molecular weight excluding hydrogens is 1560 g/mol. The van der Waals surface area contributed by atoms with E-state index in [2.05, 4.69) is 101 Å². The molecule has 5 aliphatic heterocycles. The number of fused-ring (bicyclic) bond motifs is 3. The number of carboxylic acids is 1. The van der Waals surface area contributed by atoms with E-state index < -0.39 is 29.5 Å². The molecule has 27 heteroatoms. The summed E-state index contributed by atoms with van der Waals surface area (Å²) in [5.41, 5.74) is 9.69. The molecule has 7 aliphatic rings. The van der Waals surface area contributed by atoms with Crippen molar-refractivity contribution in [2.45, 2.75) is 121 Å². The molecule has 0 spiro atoms. The first-order valence-corrected chi connectivity index (χ1v) is 42.2. The maximum atomic E-state index is 13.7. The molecule has 17 rings (SSSR count). The first-order chi connectivity index (χ1) is 60.3. The Balaban J connectivity index is 0.000000150. The van der Waals surface area contributed by atoms with Crippen molar-refractivity contribution in [3.05, 3.63) is 302 Å². The van der Waals surface area contributed by atoms with E-state index in [0.29, 0.717) is 99.9 Å². The highest BCUT2D eigenvalue weighted by molar-refractivity contribution is 6.07. The molecule has 0 bridgehead atoms. The number of H-pyrrole nitrogens is 1. The van der Waals surface area contributed by atoms with Gasteiger partial charge in [-0.1, -0.05) is 158 Å². The van der Waals surface area contributed by atoms with Gasteiger partial charge in [0, 0.05) is 141 Å². The van der Waals surface area contributed by atoms with E-state index in [1.165, 1.54) is 37.2 Å².